The second kappa shape index (κ2) is 9.28. The molecule has 2 N–H and O–H groups in total. The van der Waals surface area contributed by atoms with E-state index >= 15 is 0 Å². The van der Waals surface area contributed by atoms with Crippen molar-refractivity contribution in [2.24, 2.45) is 0 Å². The molecule has 1 unspecified atom stereocenters. The highest BCUT2D eigenvalue weighted by molar-refractivity contribution is 7.99. The van der Waals surface area contributed by atoms with Crippen molar-refractivity contribution < 1.29 is 4.79 Å². The number of nitrogens with one attached hydrogen (secondary N) is 2. The number of thioether (sulfide) groups is 1. The van der Waals surface area contributed by atoms with Crippen LogP contribution in [0.4, 0.5) is 0 Å². The van der Waals surface area contributed by atoms with Crippen molar-refractivity contribution in [3.63, 3.8) is 0 Å². The molecule has 0 aromatic carbocycles. The van der Waals surface area contributed by atoms with Gasteiger partial charge in [-0.1, -0.05) is 0 Å². The van der Waals surface area contributed by atoms with Crippen LogP contribution in [0.1, 0.15) is 6.42 Å². The summed E-state index contributed by atoms with van der Waals surface area (Å²) in [6.07, 6.45) is 1.16. The van der Waals surface area contributed by atoms with Gasteiger partial charge in [-0.15, -0.1) is 24.8 Å². The highest BCUT2D eigenvalue weighted by Crippen LogP contribution is 2.31. The fourth-order valence-electron chi connectivity index (χ4n) is 1.73. The van der Waals surface area contributed by atoms with Gasteiger partial charge in [0, 0.05) is 17.8 Å². The predicted octanol–water partition coefficient (Wildman–Crippen LogP) is 0.603. The van der Waals surface area contributed by atoms with Gasteiger partial charge < -0.3 is 15.5 Å². The van der Waals surface area contributed by atoms with Gasteiger partial charge in [0.15, 0.2) is 0 Å². The molecule has 1 aliphatic rings. The first-order valence-electron chi connectivity index (χ1n) is 5.27. The third-order valence-electron chi connectivity index (χ3n) is 2.98. The number of hydrogen-bond acceptors (Lipinski definition) is 4. The smallest absolute Gasteiger partial charge is 0.234 e. The summed E-state index contributed by atoms with van der Waals surface area (Å²) in [6, 6.07) is 0. The molecule has 1 heterocycles. The normalized spacial score (nSPS) is 22.8. The molecule has 104 valence electrons. The SMILES string of the molecule is CNCC(=O)NCC1(N(C)C)CCSC1.Cl.Cl. The van der Waals surface area contributed by atoms with E-state index in [9.17, 15) is 4.79 Å². The number of likely N-dealkylation sites (N-methyl/N-ethyl adjacent to an activating group) is 2. The Morgan fingerprint density at radius 2 is 2.06 bits per heavy atom. The van der Waals surface area contributed by atoms with Crippen LogP contribution in [0.25, 0.3) is 0 Å². The average molecular weight is 304 g/mol. The topological polar surface area (TPSA) is 44.4 Å². The minimum Gasteiger partial charge on any atom is -0.353 e. The van der Waals surface area contributed by atoms with Gasteiger partial charge >= 0.3 is 0 Å². The van der Waals surface area contributed by atoms with Crippen LogP contribution in [0.5, 0.6) is 0 Å². The van der Waals surface area contributed by atoms with Crippen LogP contribution in [0.15, 0.2) is 0 Å². The molecule has 0 aromatic rings. The zero-order valence-electron chi connectivity index (χ0n) is 10.6. The van der Waals surface area contributed by atoms with Crippen molar-refractivity contribution in [1.82, 2.24) is 15.5 Å². The van der Waals surface area contributed by atoms with Gasteiger partial charge in [0.25, 0.3) is 0 Å². The fourth-order valence-corrected chi connectivity index (χ4v) is 3.29. The van der Waals surface area contributed by atoms with E-state index in [2.05, 4.69) is 29.6 Å². The van der Waals surface area contributed by atoms with Crippen molar-refractivity contribution in [1.29, 1.82) is 0 Å². The average Bonchev–Trinajstić information content (AvgIpc) is 2.65. The van der Waals surface area contributed by atoms with E-state index in [1.54, 1.807) is 7.05 Å². The molecule has 1 aliphatic heterocycles. The molecule has 7 heteroatoms. The molecule has 0 aliphatic carbocycles. The highest BCUT2D eigenvalue weighted by atomic mass is 35.5. The Hall–Kier alpha value is 0.320. The molecule has 17 heavy (non-hydrogen) atoms. The third-order valence-corrected chi connectivity index (χ3v) is 4.22. The van der Waals surface area contributed by atoms with E-state index in [-0.39, 0.29) is 36.3 Å². The molecule has 0 spiro atoms. The van der Waals surface area contributed by atoms with Gasteiger partial charge in [0.2, 0.25) is 5.91 Å². The van der Waals surface area contributed by atoms with Gasteiger partial charge in [0.1, 0.15) is 0 Å². The molecule has 1 atom stereocenters. The maximum atomic E-state index is 11.4. The Balaban J connectivity index is 0. The number of nitrogens with zero attached hydrogens (tertiary/aromatic N) is 1. The fraction of sp³-hybridized carbons (Fsp3) is 0.900. The molecule has 1 rings (SSSR count). The van der Waals surface area contributed by atoms with E-state index in [1.807, 2.05) is 11.8 Å². The van der Waals surface area contributed by atoms with Crippen molar-refractivity contribution in [3.05, 3.63) is 0 Å². The first-order valence-corrected chi connectivity index (χ1v) is 6.43. The first-order chi connectivity index (χ1) is 7.10. The number of carbonyl (C=O) groups is 1. The zero-order valence-corrected chi connectivity index (χ0v) is 13.1. The van der Waals surface area contributed by atoms with Crippen LogP contribution in [-0.2, 0) is 4.79 Å². The Bertz CT molecular complexity index is 224. The van der Waals surface area contributed by atoms with Gasteiger partial charge in [-0.3, -0.25) is 4.79 Å². The third kappa shape index (κ3) is 5.66. The second-order valence-corrected chi connectivity index (χ2v) is 5.33. The number of rotatable bonds is 5. The van der Waals surface area contributed by atoms with Crippen molar-refractivity contribution in [3.8, 4) is 0 Å². The molecule has 1 saturated heterocycles. The lowest BCUT2D eigenvalue weighted by atomic mass is 9.97. The molecular formula is C10H23Cl2N3OS. The van der Waals surface area contributed by atoms with Crippen molar-refractivity contribution in [2.75, 3.05) is 45.7 Å². The number of carbonyl (C=O) groups excluding carboxylic acids is 1. The second-order valence-electron chi connectivity index (χ2n) is 4.23. The van der Waals surface area contributed by atoms with Gasteiger partial charge in [-0.05, 0) is 33.3 Å². The Morgan fingerprint density at radius 1 is 1.41 bits per heavy atom. The monoisotopic (exact) mass is 303 g/mol. The number of hydrogen-bond donors (Lipinski definition) is 2. The molecule has 0 saturated carbocycles. The maximum absolute atomic E-state index is 11.4. The molecular weight excluding hydrogens is 281 g/mol. The Morgan fingerprint density at radius 3 is 2.47 bits per heavy atom. The van der Waals surface area contributed by atoms with Crippen molar-refractivity contribution in [2.45, 2.75) is 12.0 Å². The van der Waals surface area contributed by atoms with Gasteiger partial charge in [0.05, 0.1) is 6.54 Å². The molecule has 0 bridgehead atoms. The molecule has 0 aromatic heterocycles. The van der Waals surface area contributed by atoms with Gasteiger partial charge in [-0.2, -0.15) is 11.8 Å². The summed E-state index contributed by atoms with van der Waals surface area (Å²) in [5.74, 6) is 2.38. The summed E-state index contributed by atoms with van der Waals surface area (Å²) in [6.45, 7) is 1.16. The van der Waals surface area contributed by atoms with Gasteiger partial charge in [-0.25, -0.2) is 0 Å². The zero-order chi connectivity index (χ0) is 11.3. The molecule has 4 nitrogen and oxygen atoms in total. The summed E-state index contributed by atoms with van der Waals surface area (Å²) in [4.78, 5) is 13.6. The predicted molar refractivity (Wildman–Crippen MR) is 79.8 cm³/mol. The van der Waals surface area contributed by atoms with Crippen LogP contribution < -0.4 is 10.6 Å². The van der Waals surface area contributed by atoms with E-state index in [0.29, 0.717) is 6.54 Å². The Kier molecular flexibility index (Phi) is 10.7. The van der Waals surface area contributed by atoms with Crippen LogP contribution in [-0.4, -0.2) is 62.1 Å². The molecule has 1 amide bonds. The van der Waals surface area contributed by atoms with E-state index < -0.39 is 0 Å². The van der Waals surface area contributed by atoms with E-state index in [1.165, 1.54) is 5.75 Å². The van der Waals surface area contributed by atoms with Crippen LogP contribution >= 0.6 is 36.6 Å². The lowest BCUT2D eigenvalue weighted by Crippen LogP contribution is -2.53. The molecule has 0 radical (unpaired) electrons. The number of amides is 1. The minimum atomic E-state index is 0. The highest BCUT2D eigenvalue weighted by Gasteiger charge is 2.36. The van der Waals surface area contributed by atoms with Crippen LogP contribution in [0.2, 0.25) is 0 Å². The van der Waals surface area contributed by atoms with E-state index in [4.69, 9.17) is 0 Å². The van der Waals surface area contributed by atoms with Crippen LogP contribution in [0.3, 0.4) is 0 Å². The summed E-state index contributed by atoms with van der Waals surface area (Å²) in [5, 5.41) is 5.85. The quantitative estimate of drug-likeness (QED) is 0.781. The lowest BCUT2D eigenvalue weighted by Gasteiger charge is -2.35. The largest absolute Gasteiger partial charge is 0.353 e. The van der Waals surface area contributed by atoms with E-state index in [0.717, 1.165) is 18.7 Å². The van der Waals surface area contributed by atoms with Crippen LogP contribution in [0, 0.1) is 0 Å². The number of halogens is 2. The summed E-state index contributed by atoms with van der Waals surface area (Å²) in [7, 11) is 5.97. The maximum Gasteiger partial charge on any atom is 0.234 e. The molecule has 1 fully saturated rings. The summed E-state index contributed by atoms with van der Waals surface area (Å²) >= 11 is 1.97. The minimum absolute atomic E-state index is 0. The standard InChI is InChI=1S/C10H21N3OS.2ClH/c1-11-6-9(14)12-7-10(13(2)3)4-5-15-8-10;;/h11H,4-8H2,1-3H3,(H,12,14);2*1H. The van der Waals surface area contributed by atoms with Crippen molar-refractivity contribution >= 4 is 42.5 Å². The summed E-state index contributed by atoms with van der Waals surface area (Å²) in [5.41, 5.74) is 0.161. The first kappa shape index (κ1) is 19.7. The lowest BCUT2D eigenvalue weighted by molar-refractivity contribution is -0.120. The Labute approximate surface area is 120 Å². The summed E-state index contributed by atoms with van der Waals surface area (Å²) < 4.78 is 0.